The number of hydrogen-bond donors (Lipinski definition) is 1. The number of aromatic nitrogens is 1. The van der Waals surface area contributed by atoms with Crippen LogP contribution < -0.4 is 5.32 Å². The fraction of sp³-hybridized carbons (Fsp3) is 0.400. The number of rotatable bonds is 3. The summed E-state index contributed by atoms with van der Waals surface area (Å²) in [7, 11) is 0. The second-order valence-corrected chi connectivity index (χ2v) is 6.90. The molecule has 4 heteroatoms. The molecular weight excluding hydrogens is 272 g/mol. The summed E-state index contributed by atoms with van der Waals surface area (Å²) in [5.41, 5.74) is 4.05. The molecule has 2 heterocycles. The Labute approximate surface area is 122 Å². The van der Waals surface area contributed by atoms with Crippen LogP contribution in [0.4, 0.5) is 0 Å². The van der Waals surface area contributed by atoms with Crippen molar-refractivity contribution in [2.75, 3.05) is 5.75 Å². The summed E-state index contributed by atoms with van der Waals surface area (Å²) in [6.45, 7) is 4.26. The summed E-state index contributed by atoms with van der Waals surface area (Å²) in [6, 6.07) is 9.53. The molecule has 1 aromatic carbocycles. The lowest BCUT2D eigenvalue weighted by Gasteiger charge is -2.28. The maximum absolute atomic E-state index is 4.58. The highest BCUT2D eigenvalue weighted by Crippen LogP contribution is 2.33. The third-order valence-electron chi connectivity index (χ3n) is 3.43. The average Bonchev–Trinajstić information content (AvgIpc) is 2.86. The van der Waals surface area contributed by atoms with Crippen LogP contribution >= 0.6 is 23.1 Å². The Morgan fingerprint density at radius 2 is 2.21 bits per heavy atom. The molecule has 100 valence electrons. The van der Waals surface area contributed by atoms with Crippen molar-refractivity contribution in [1.29, 1.82) is 0 Å². The van der Waals surface area contributed by atoms with E-state index in [1.165, 1.54) is 16.1 Å². The molecule has 0 aliphatic carbocycles. The van der Waals surface area contributed by atoms with Crippen molar-refractivity contribution in [3.63, 3.8) is 0 Å². The van der Waals surface area contributed by atoms with Crippen LogP contribution in [0.2, 0.25) is 0 Å². The summed E-state index contributed by atoms with van der Waals surface area (Å²) < 4.78 is 0. The van der Waals surface area contributed by atoms with Crippen molar-refractivity contribution in [3.8, 4) is 0 Å². The molecule has 1 aliphatic rings. The zero-order valence-electron chi connectivity index (χ0n) is 11.2. The highest BCUT2D eigenvalue weighted by Gasteiger charge is 2.22. The minimum atomic E-state index is 0.315. The predicted molar refractivity (Wildman–Crippen MR) is 83.7 cm³/mol. The molecule has 1 N–H and O–H groups in total. The number of nitrogens with one attached hydrogen (secondary N) is 1. The van der Waals surface area contributed by atoms with Gasteiger partial charge in [-0.05, 0) is 25.0 Å². The smallest absolute Gasteiger partial charge is 0.110 e. The van der Waals surface area contributed by atoms with Gasteiger partial charge in [0.25, 0.3) is 0 Å². The minimum absolute atomic E-state index is 0.315. The second kappa shape index (κ2) is 5.65. The number of hydrogen-bond acceptors (Lipinski definition) is 4. The Kier molecular flexibility index (Phi) is 3.91. The maximum Gasteiger partial charge on any atom is 0.110 e. The van der Waals surface area contributed by atoms with Gasteiger partial charge in [-0.1, -0.05) is 24.3 Å². The van der Waals surface area contributed by atoms with Gasteiger partial charge in [-0.2, -0.15) is 11.8 Å². The Hall–Kier alpha value is -0.840. The Morgan fingerprint density at radius 1 is 1.37 bits per heavy atom. The number of fused-ring (bicyclic) bond motifs is 1. The van der Waals surface area contributed by atoms with Gasteiger partial charge in [0.1, 0.15) is 5.01 Å². The zero-order chi connectivity index (χ0) is 13.2. The highest BCUT2D eigenvalue weighted by molar-refractivity contribution is 7.98. The van der Waals surface area contributed by atoms with Gasteiger partial charge in [0.15, 0.2) is 0 Å². The van der Waals surface area contributed by atoms with Crippen molar-refractivity contribution in [2.24, 2.45) is 0 Å². The van der Waals surface area contributed by atoms with Gasteiger partial charge in [-0.15, -0.1) is 11.3 Å². The Bertz CT molecular complexity index is 565. The van der Waals surface area contributed by atoms with Crippen LogP contribution in [-0.2, 0) is 5.75 Å². The molecule has 2 atom stereocenters. The second-order valence-electron chi connectivity index (χ2n) is 4.98. The van der Waals surface area contributed by atoms with Gasteiger partial charge in [-0.3, -0.25) is 0 Å². The lowest BCUT2D eigenvalue weighted by atomic mass is 10.0. The van der Waals surface area contributed by atoms with Gasteiger partial charge in [0, 0.05) is 28.6 Å². The molecule has 0 saturated carbocycles. The fourth-order valence-corrected chi connectivity index (χ4v) is 4.39. The van der Waals surface area contributed by atoms with Crippen LogP contribution in [0.15, 0.2) is 29.6 Å². The largest absolute Gasteiger partial charge is 0.300 e. The molecule has 0 saturated heterocycles. The molecule has 0 amide bonds. The van der Waals surface area contributed by atoms with Crippen LogP contribution in [0.3, 0.4) is 0 Å². The number of nitrogens with zero attached hydrogens (tertiary/aromatic N) is 1. The van der Waals surface area contributed by atoms with Crippen molar-refractivity contribution in [2.45, 2.75) is 31.7 Å². The summed E-state index contributed by atoms with van der Waals surface area (Å²) >= 11 is 3.76. The first-order valence-corrected chi connectivity index (χ1v) is 8.61. The molecule has 0 fully saturated rings. The van der Waals surface area contributed by atoms with Crippen LogP contribution in [0.25, 0.3) is 0 Å². The standard InChI is InChI=1S/C15H18N2S2/c1-10-7-19-15(16-10)11(2)17-14-9-18-8-12-5-3-4-6-13(12)14/h3-7,11,14,17H,8-9H2,1-2H3. The summed E-state index contributed by atoms with van der Waals surface area (Å²) in [4.78, 5) is 4.58. The minimum Gasteiger partial charge on any atom is -0.300 e. The molecule has 19 heavy (non-hydrogen) atoms. The predicted octanol–water partition coefficient (Wildman–Crippen LogP) is 4.09. The molecule has 2 unspecified atom stereocenters. The Morgan fingerprint density at radius 3 is 3.00 bits per heavy atom. The van der Waals surface area contributed by atoms with E-state index in [1.807, 2.05) is 11.8 Å². The molecule has 2 nitrogen and oxygen atoms in total. The quantitative estimate of drug-likeness (QED) is 0.921. The average molecular weight is 290 g/mol. The Balaban J connectivity index is 1.77. The summed E-state index contributed by atoms with van der Waals surface area (Å²) in [6.07, 6.45) is 0. The third kappa shape index (κ3) is 2.86. The van der Waals surface area contributed by atoms with E-state index in [-0.39, 0.29) is 0 Å². The molecule has 1 aliphatic heterocycles. The van der Waals surface area contributed by atoms with Gasteiger partial charge >= 0.3 is 0 Å². The van der Waals surface area contributed by atoms with E-state index in [1.54, 1.807) is 11.3 Å². The SMILES string of the molecule is Cc1csc(C(C)NC2CSCc3ccccc32)n1. The van der Waals surface area contributed by atoms with E-state index in [2.05, 4.69) is 53.8 Å². The van der Waals surface area contributed by atoms with Crippen LogP contribution in [0, 0.1) is 6.92 Å². The topological polar surface area (TPSA) is 24.9 Å². The highest BCUT2D eigenvalue weighted by atomic mass is 32.2. The molecule has 0 radical (unpaired) electrons. The van der Waals surface area contributed by atoms with E-state index in [0.717, 1.165) is 17.2 Å². The number of thiazole rings is 1. The van der Waals surface area contributed by atoms with E-state index < -0.39 is 0 Å². The van der Waals surface area contributed by atoms with Crippen molar-refractivity contribution < 1.29 is 0 Å². The molecule has 2 aromatic rings. The molecule has 0 spiro atoms. The summed E-state index contributed by atoms with van der Waals surface area (Å²) in [5, 5.41) is 7.04. The van der Waals surface area contributed by atoms with E-state index in [4.69, 9.17) is 0 Å². The lowest BCUT2D eigenvalue weighted by molar-refractivity contribution is 0.494. The first-order valence-electron chi connectivity index (χ1n) is 6.57. The number of thioether (sulfide) groups is 1. The normalized spacial score (nSPS) is 20.0. The van der Waals surface area contributed by atoms with Gasteiger partial charge in [0.2, 0.25) is 0 Å². The van der Waals surface area contributed by atoms with Crippen LogP contribution in [-0.4, -0.2) is 10.7 Å². The van der Waals surface area contributed by atoms with Crippen molar-refractivity contribution in [3.05, 3.63) is 51.5 Å². The molecule has 1 aromatic heterocycles. The van der Waals surface area contributed by atoms with Crippen molar-refractivity contribution >= 4 is 23.1 Å². The molecule has 3 rings (SSSR count). The van der Waals surface area contributed by atoms with E-state index in [9.17, 15) is 0 Å². The fourth-order valence-electron chi connectivity index (χ4n) is 2.46. The van der Waals surface area contributed by atoms with E-state index >= 15 is 0 Å². The lowest BCUT2D eigenvalue weighted by Crippen LogP contribution is -2.29. The van der Waals surface area contributed by atoms with E-state index in [0.29, 0.717) is 12.1 Å². The monoisotopic (exact) mass is 290 g/mol. The van der Waals surface area contributed by atoms with Crippen LogP contribution in [0.1, 0.15) is 40.8 Å². The summed E-state index contributed by atoms with van der Waals surface area (Å²) in [5.74, 6) is 2.28. The zero-order valence-corrected chi connectivity index (χ0v) is 12.9. The molecule has 0 bridgehead atoms. The van der Waals surface area contributed by atoms with Gasteiger partial charge < -0.3 is 5.32 Å². The number of benzene rings is 1. The first kappa shape index (κ1) is 13.2. The number of aryl methyl sites for hydroxylation is 1. The molecular formula is C15H18N2S2. The van der Waals surface area contributed by atoms with Gasteiger partial charge in [0.05, 0.1) is 6.04 Å². The first-order chi connectivity index (χ1) is 9.24. The third-order valence-corrected chi connectivity index (χ3v) is 5.66. The van der Waals surface area contributed by atoms with Crippen molar-refractivity contribution in [1.82, 2.24) is 10.3 Å². The van der Waals surface area contributed by atoms with Crippen LogP contribution in [0.5, 0.6) is 0 Å². The van der Waals surface area contributed by atoms with Gasteiger partial charge in [-0.25, -0.2) is 4.98 Å². The maximum atomic E-state index is 4.58.